The maximum atomic E-state index is 12.7. The van der Waals surface area contributed by atoms with Crippen LogP contribution in [0.15, 0.2) is 0 Å². The third-order valence-electron chi connectivity index (χ3n) is 7.53. The second kappa shape index (κ2) is 5.83. The van der Waals surface area contributed by atoms with Gasteiger partial charge in [-0.15, -0.1) is 0 Å². The Kier molecular flexibility index (Phi) is 3.98. The molecule has 5 saturated carbocycles. The molecule has 1 atom stereocenters. The molecule has 1 amide bonds. The van der Waals surface area contributed by atoms with E-state index >= 15 is 0 Å². The van der Waals surface area contributed by atoms with Gasteiger partial charge in [0, 0.05) is 12.0 Å². The molecule has 5 aliphatic carbocycles. The summed E-state index contributed by atoms with van der Waals surface area (Å²) in [6.07, 6.45) is 15.9. The number of carbonyl (C=O) groups is 1. The molecule has 1 N–H and O–H groups in total. The van der Waals surface area contributed by atoms with Crippen molar-refractivity contribution in [2.75, 3.05) is 0 Å². The Morgan fingerprint density at radius 1 is 1.00 bits per heavy atom. The molecule has 0 aromatic heterocycles. The second-order valence-corrected chi connectivity index (χ2v) is 9.08. The fourth-order valence-electron chi connectivity index (χ4n) is 6.95. The number of amides is 1. The van der Waals surface area contributed by atoms with Crippen LogP contribution in [0.1, 0.15) is 84.0 Å². The normalized spacial score (nSPS) is 42.3. The zero-order valence-corrected chi connectivity index (χ0v) is 14.3. The minimum atomic E-state index is 0.316. The van der Waals surface area contributed by atoms with Gasteiger partial charge in [0.05, 0.1) is 0 Å². The summed E-state index contributed by atoms with van der Waals surface area (Å²) in [5.41, 5.74) is 0.466. The van der Waals surface area contributed by atoms with Crippen molar-refractivity contribution < 1.29 is 4.79 Å². The number of rotatable bonds is 4. The highest BCUT2D eigenvalue weighted by Gasteiger charge is 2.54. The van der Waals surface area contributed by atoms with Crippen molar-refractivity contribution in [3.8, 4) is 0 Å². The lowest BCUT2D eigenvalue weighted by atomic mass is 9.47. The smallest absolute Gasteiger partial charge is 0.223 e. The van der Waals surface area contributed by atoms with E-state index in [4.69, 9.17) is 0 Å². The van der Waals surface area contributed by atoms with Crippen molar-refractivity contribution in [3.63, 3.8) is 0 Å². The Balaban J connectivity index is 1.46. The van der Waals surface area contributed by atoms with Crippen molar-refractivity contribution >= 4 is 5.91 Å². The van der Waals surface area contributed by atoms with E-state index in [9.17, 15) is 4.79 Å². The molecule has 4 bridgehead atoms. The fraction of sp³-hybridized carbons (Fsp3) is 0.950. The molecule has 5 rings (SSSR count). The Labute approximate surface area is 135 Å². The molecule has 22 heavy (non-hydrogen) atoms. The standard InChI is InChI=1S/C20H33NO/c1-2-18(21-19(22)17-6-4-3-5-7-17)20-11-14-8-15(12-20)10-16(9-14)13-20/h14-18H,2-13H2,1H3,(H,21,22)/t14?,15?,16?,18-,20?/m0/s1. The van der Waals surface area contributed by atoms with Gasteiger partial charge in [0.2, 0.25) is 5.91 Å². The van der Waals surface area contributed by atoms with Gasteiger partial charge in [-0.3, -0.25) is 4.79 Å². The van der Waals surface area contributed by atoms with Crippen molar-refractivity contribution in [3.05, 3.63) is 0 Å². The summed E-state index contributed by atoms with van der Waals surface area (Å²) >= 11 is 0. The van der Waals surface area contributed by atoms with Crippen LogP contribution in [0.3, 0.4) is 0 Å². The van der Waals surface area contributed by atoms with Crippen LogP contribution in [0.4, 0.5) is 0 Å². The van der Waals surface area contributed by atoms with Crippen LogP contribution in [0, 0.1) is 29.1 Å². The minimum Gasteiger partial charge on any atom is -0.353 e. The first-order valence-electron chi connectivity index (χ1n) is 9.99. The van der Waals surface area contributed by atoms with Gasteiger partial charge >= 0.3 is 0 Å². The lowest BCUT2D eigenvalue weighted by Crippen LogP contribution is -2.57. The minimum absolute atomic E-state index is 0.316. The molecule has 2 nitrogen and oxygen atoms in total. The van der Waals surface area contributed by atoms with Gasteiger partial charge < -0.3 is 5.32 Å². The van der Waals surface area contributed by atoms with E-state index in [1.165, 1.54) is 57.8 Å². The summed E-state index contributed by atoms with van der Waals surface area (Å²) in [5, 5.41) is 3.55. The summed E-state index contributed by atoms with van der Waals surface area (Å²) in [4.78, 5) is 12.7. The number of nitrogens with one attached hydrogen (secondary N) is 1. The molecule has 0 aliphatic heterocycles. The van der Waals surface area contributed by atoms with Gasteiger partial charge in [-0.25, -0.2) is 0 Å². The largest absolute Gasteiger partial charge is 0.353 e. The van der Waals surface area contributed by atoms with Gasteiger partial charge in [0.25, 0.3) is 0 Å². The van der Waals surface area contributed by atoms with E-state index in [2.05, 4.69) is 12.2 Å². The molecule has 0 aromatic rings. The van der Waals surface area contributed by atoms with Crippen molar-refractivity contribution in [2.45, 2.75) is 90.0 Å². The number of hydrogen-bond acceptors (Lipinski definition) is 1. The quantitative estimate of drug-likeness (QED) is 0.803. The van der Waals surface area contributed by atoms with E-state index in [1.807, 2.05) is 0 Å². The van der Waals surface area contributed by atoms with Gasteiger partial charge in [-0.2, -0.15) is 0 Å². The van der Waals surface area contributed by atoms with Crippen molar-refractivity contribution in [1.29, 1.82) is 0 Å². The van der Waals surface area contributed by atoms with Crippen LogP contribution in [0.5, 0.6) is 0 Å². The van der Waals surface area contributed by atoms with Crippen LogP contribution in [0.2, 0.25) is 0 Å². The first kappa shape index (κ1) is 15.0. The predicted octanol–water partition coefficient (Wildman–Crippen LogP) is 4.68. The van der Waals surface area contributed by atoms with Crippen molar-refractivity contribution in [1.82, 2.24) is 5.32 Å². The number of hydrogen-bond donors (Lipinski definition) is 1. The summed E-state index contributed by atoms with van der Waals surface area (Å²) < 4.78 is 0. The third kappa shape index (κ3) is 2.61. The van der Waals surface area contributed by atoms with Gasteiger partial charge in [0.1, 0.15) is 0 Å². The Morgan fingerprint density at radius 3 is 2.05 bits per heavy atom. The molecule has 5 fully saturated rings. The number of carbonyl (C=O) groups excluding carboxylic acids is 1. The van der Waals surface area contributed by atoms with Crippen LogP contribution in [-0.2, 0) is 4.79 Å². The van der Waals surface area contributed by atoms with Gasteiger partial charge in [0.15, 0.2) is 0 Å². The summed E-state index contributed by atoms with van der Waals surface area (Å²) in [5.74, 6) is 3.64. The third-order valence-corrected chi connectivity index (χ3v) is 7.53. The maximum Gasteiger partial charge on any atom is 0.223 e. The molecule has 0 heterocycles. The first-order valence-corrected chi connectivity index (χ1v) is 9.99. The Bertz CT molecular complexity index is 388. The molecule has 0 spiro atoms. The van der Waals surface area contributed by atoms with E-state index in [0.717, 1.165) is 37.0 Å². The highest BCUT2D eigenvalue weighted by molar-refractivity contribution is 5.79. The van der Waals surface area contributed by atoms with Crippen molar-refractivity contribution in [2.24, 2.45) is 29.1 Å². The SMILES string of the molecule is CC[C@H](NC(=O)C1CCCCC1)C12CC3CC(CC(C3)C1)C2. The Hall–Kier alpha value is -0.530. The van der Waals surface area contributed by atoms with E-state index in [-0.39, 0.29) is 0 Å². The molecule has 2 heteroatoms. The van der Waals surface area contributed by atoms with Gasteiger partial charge in [-0.05, 0) is 81.0 Å². The predicted molar refractivity (Wildman–Crippen MR) is 89.4 cm³/mol. The average Bonchev–Trinajstić information content (AvgIpc) is 2.51. The van der Waals surface area contributed by atoms with Crippen LogP contribution in [0.25, 0.3) is 0 Å². The molecular weight excluding hydrogens is 270 g/mol. The first-order chi connectivity index (χ1) is 10.7. The van der Waals surface area contributed by atoms with Crippen LogP contribution in [-0.4, -0.2) is 11.9 Å². The summed E-state index contributed by atoms with van der Waals surface area (Å²) in [7, 11) is 0. The average molecular weight is 303 g/mol. The summed E-state index contributed by atoms with van der Waals surface area (Å²) in [6, 6.07) is 0.454. The van der Waals surface area contributed by atoms with E-state index in [1.54, 1.807) is 0 Å². The molecule has 5 aliphatic rings. The molecular formula is C20H33NO. The highest BCUT2D eigenvalue weighted by Crippen LogP contribution is 2.61. The maximum absolute atomic E-state index is 12.7. The zero-order valence-electron chi connectivity index (χ0n) is 14.3. The second-order valence-electron chi connectivity index (χ2n) is 9.08. The highest BCUT2D eigenvalue weighted by atomic mass is 16.1. The fourth-order valence-corrected chi connectivity index (χ4v) is 6.95. The molecule has 0 radical (unpaired) electrons. The molecule has 0 unspecified atom stereocenters. The van der Waals surface area contributed by atoms with Gasteiger partial charge in [-0.1, -0.05) is 26.2 Å². The van der Waals surface area contributed by atoms with Crippen LogP contribution < -0.4 is 5.32 Å². The molecule has 0 saturated heterocycles. The van der Waals surface area contributed by atoms with Crippen LogP contribution >= 0.6 is 0 Å². The zero-order chi connectivity index (χ0) is 15.2. The monoisotopic (exact) mass is 303 g/mol. The topological polar surface area (TPSA) is 29.1 Å². The van der Waals surface area contributed by atoms with E-state index < -0.39 is 0 Å². The molecule has 124 valence electrons. The molecule has 0 aromatic carbocycles. The van der Waals surface area contributed by atoms with E-state index in [0.29, 0.717) is 23.3 Å². The Morgan fingerprint density at radius 2 is 1.55 bits per heavy atom. The lowest BCUT2D eigenvalue weighted by molar-refractivity contribution is -0.131. The lowest BCUT2D eigenvalue weighted by Gasteiger charge is -2.59. The summed E-state index contributed by atoms with van der Waals surface area (Å²) in [6.45, 7) is 2.30.